The van der Waals surface area contributed by atoms with Crippen LogP contribution in [0.5, 0.6) is 0 Å². The SMILES string of the molecule is CCCCCCCCCCCC(=O)O[C@H](CCCCCCCCCCC)CC(=O)N[C@H]1C(OC(=O)C[C@H](O)CCCCCCCCCCC)[C@H](OP(=O)(O)O)C(CO)O[C@H]1OCC(OC(O)[C@H](COC(=O)C[C@H](O)CCCCCCCCCCC)NC(=O)C[C@H](O)CCCCCCCCCCC)[C@H](C)O. The second-order valence-electron chi connectivity index (χ2n) is 30.3. The van der Waals surface area contributed by atoms with Crippen LogP contribution in [0.2, 0.25) is 0 Å². The molecular weight excluding hydrogens is 1370 g/mol. The van der Waals surface area contributed by atoms with E-state index in [0.717, 1.165) is 154 Å². The van der Waals surface area contributed by atoms with E-state index in [1.807, 2.05) is 0 Å². The minimum Gasteiger partial charge on any atom is -0.463 e. The van der Waals surface area contributed by atoms with Gasteiger partial charge in [-0.2, -0.15) is 0 Å². The lowest BCUT2D eigenvalue weighted by molar-refractivity contribution is -0.284. The van der Waals surface area contributed by atoms with Gasteiger partial charge >= 0.3 is 25.7 Å². The number of hydrogen-bond acceptors (Lipinski definition) is 19. The molecule has 1 fully saturated rings. The normalized spacial score (nSPS) is 18.6. The van der Waals surface area contributed by atoms with E-state index >= 15 is 0 Å². The van der Waals surface area contributed by atoms with Crippen molar-refractivity contribution in [3.05, 3.63) is 0 Å². The van der Waals surface area contributed by atoms with Gasteiger partial charge in [0.25, 0.3) is 0 Å². The molecule has 4 unspecified atom stereocenters. The molecule has 620 valence electrons. The van der Waals surface area contributed by atoms with E-state index in [0.29, 0.717) is 51.4 Å². The van der Waals surface area contributed by atoms with Crippen LogP contribution in [-0.4, -0.2) is 170 Å². The van der Waals surface area contributed by atoms with Crippen molar-refractivity contribution >= 4 is 37.5 Å². The van der Waals surface area contributed by atoms with E-state index in [2.05, 4.69) is 45.3 Å². The molecule has 105 heavy (non-hydrogen) atoms. The highest BCUT2D eigenvalue weighted by Crippen LogP contribution is 2.42. The van der Waals surface area contributed by atoms with Crippen molar-refractivity contribution in [1.82, 2.24) is 10.6 Å². The van der Waals surface area contributed by atoms with Crippen LogP contribution in [0.25, 0.3) is 0 Å². The molecule has 10 N–H and O–H groups in total. The van der Waals surface area contributed by atoms with Gasteiger partial charge in [-0.05, 0) is 45.4 Å². The fraction of sp³-hybridized carbons (Fsp3) is 0.938. The Morgan fingerprint density at radius 2 is 0.829 bits per heavy atom. The zero-order valence-electron chi connectivity index (χ0n) is 66.6. The zero-order valence-corrected chi connectivity index (χ0v) is 67.5. The first-order chi connectivity index (χ1) is 50.6. The molecule has 1 saturated heterocycles. The topological polar surface area (TPSA) is 353 Å². The first-order valence-electron chi connectivity index (χ1n) is 42.4. The van der Waals surface area contributed by atoms with Crippen LogP contribution in [0.3, 0.4) is 0 Å². The third kappa shape index (κ3) is 56.0. The molecule has 0 aromatic heterocycles. The predicted octanol–water partition coefficient (Wildman–Crippen LogP) is 15.9. The maximum absolute atomic E-state index is 14.7. The van der Waals surface area contributed by atoms with Crippen LogP contribution >= 0.6 is 7.82 Å². The molecule has 1 rings (SSSR count). The van der Waals surface area contributed by atoms with Crippen molar-refractivity contribution in [3.63, 3.8) is 0 Å². The van der Waals surface area contributed by atoms with E-state index in [1.165, 1.54) is 110 Å². The number of phosphoric acid groups is 1. The molecular formula is C81H155N2O21P. The van der Waals surface area contributed by atoms with Crippen molar-refractivity contribution in [2.45, 2.75) is 468 Å². The van der Waals surface area contributed by atoms with Gasteiger partial charge in [0.05, 0.1) is 63.3 Å². The maximum atomic E-state index is 14.7. The summed E-state index contributed by atoms with van der Waals surface area (Å²) >= 11 is 0. The van der Waals surface area contributed by atoms with Gasteiger partial charge in [-0.1, -0.05) is 311 Å². The van der Waals surface area contributed by atoms with Gasteiger partial charge < -0.3 is 79.5 Å². The molecule has 23 nitrogen and oxygen atoms in total. The molecule has 13 atom stereocenters. The highest BCUT2D eigenvalue weighted by molar-refractivity contribution is 7.46. The van der Waals surface area contributed by atoms with Gasteiger partial charge in [0.1, 0.15) is 43.1 Å². The summed E-state index contributed by atoms with van der Waals surface area (Å²) < 4.78 is 54.2. The van der Waals surface area contributed by atoms with Crippen LogP contribution in [0, 0.1) is 0 Å². The molecule has 1 aliphatic rings. The lowest BCUT2D eigenvalue weighted by Gasteiger charge is -2.45. The summed E-state index contributed by atoms with van der Waals surface area (Å²) in [5.41, 5.74) is 0. The number of unbranched alkanes of at least 4 members (excludes halogenated alkanes) is 40. The lowest BCUT2D eigenvalue weighted by atomic mass is 9.95. The molecule has 1 heterocycles. The number of esters is 3. The largest absolute Gasteiger partial charge is 0.470 e. The van der Waals surface area contributed by atoms with E-state index in [4.69, 9.17) is 32.9 Å². The maximum Gasteiger partial charge on any atom is 0.470 e. The van der Waals surface area contributed by atoms with Crippen molar-refractivity contribution in [1.29, 1.82) is 0 Å². The summed E-state index contributed by atoms with van der Waals surface area (Å²) in [6.45, 7) is 9.74. The molecule has 0 spiro atoms. The van der Waals surface area contributed by atoms with E-state index in [1.54, 1.807) is 0 Å². The van der Waals surface area contributed by atoms with Crippen molar-refractivity contribution in [2.24, 2.45) is 0 Å². The molecule has 0 aromatic rings. The summed E-state index contributed by atoms with van der Waals surface area (Å²) in [7, 11) is -5.54. The highest BCUT2D eigenvalue weighted by atomic mass is 31.2. The summed E-state index contributed by atoms with van der Waals surface area (Å²) in [5, 5.41) is 72.5. The molecule has 0 bridgehead atoms. The standard InChI is InChI=1S/C81H155N2O21P/c1-7-12-17-22-27-32-37-42-47-52-65(86)57-72(89)82-69(62-98-75(92)58-66(87)53-48-43-38-33-28-23-18-13-8-2)80(94)101-71(64(6)85)63-99-81-77(79(78(70(61-84)102-81)104-105(95,96)97)103-76(93)59-67(88)54-49-44-39-34-29-24-19-14-9-3)83-73(90)60-68(55-50-45-40-35-30-25-20-15-10-4)100-74(91)56-51-46-41-36-31-26-21-16-11-5/h64-71,77-81,84-88,94H,7-63H2,1-6H3,(H,82,89)(H,83,90)(H2,95,96,97)/t64-,65+,66+,67+,68+,69-,70?,71?,77-,78+,79?,80?,81+/m0/s1. The number of aliphatic hydroxyl groups is 6. The molecule has 0 radical (unpaired) electrons. The minimum absolute atomic E-state index is 0.136. The average molecular weight is 1520 g/mol. The Morgan fingerprint density at radius 1 is 0.448 bits per heavy atom. The van der Waals surface area contributed by atoms with E-state index < -0.39 is 150 Å². The Bertz CT molecular complexity index is 2150. The fourth-order valence-electron chi connectivity index (χ4n) is 13.6. The smallest absolute Gasteiger partial charge is 0.463 e. The third-order valence-electron chi connectivity index (χ3n) is 20.0. The first kappa shape index (κ1) is 100. The lowest BCUT2D eigenvalue weighted by Crippen LogP contribution is -2.66. The second-order valence-corrected chi connectivity index (χ2v) is 31.5. The monoisotopic (exact) mass is 1520 g/mol. The Labute approximate surface area is 635 Å². The minimum atomic E-state index is -5.54. The Kier molecular flexibility index (Phi) is 63.7. The van der Waals surface area contributed by atoms with Gasteiger partial charge in [-0.3, -0.25) is 28.5 Å². The first-order valence-corrected chi connectivity index (χ1v) is 43.9. The van der Waals surface area contributed by atoms with Crippen molar-refractivity contribution in [2.75, 3.05) is 19.8 Å². The molecule has 1 aliphatic heterocycles. The summed E-state index contributed by atoms with van der Waals surface area (Å²) in [5.74, 6) is -3.86. The van der Waals surface area contributed by atoms with Crippen LogP contribution in [0.4, 0.5) is 0 Å². The number of phosphoric ester groups is 1. The van der Waals surface area contributed by atoms with E-state index in [-0.39, 0.29) is 25.7 Å². The van der Waals surface area contributed by atoms with Gasteiger partial charge in [0, 0.05) is 6.42 Å². The molecule has 0 saturated carbocycles. The van der Waals surface area contributed by atoms with Gasteiger partial charge in [0.2, 0.25) is 11.8 Å². The van der Waals surface area contributed by atoms with Gasteiger partial charge in [-0.15, -0.1) is 0 Å². The molecule has 2 amide bonds. The fourth-order valence-corrected chi connectivity index (χ4v) is 14.1. The number of nitrogens with one attached hydrogen (secondary N) is 2. The number of rotatable bonds is 74. The third-order valence-corrected chi connectivity index (χ3v) is 20.6. The van der Waals surface area contributed by atoms with Crippen molar-refractivity contribution < 1.29 is 102 Å². The number of carbonyl (C=O) groups excluding carboxylic acids is 5. The average Bonchev–Trinajstić information content (AvgIpc) is 0.780. The Morgan fingerprint density at radius 3 is 1.23 bits per heavy atom. The predicted molar refractivity (Wildman–Crippen MR) is 411 cm³/mol. The quantitative estimate of drug-likeness (QED) is 0.00889. The number of amides is 2. The van der Waals surface area contributed by atoms with Gasteiger partial charge in [-0.25, -0.2) is 4.57 Å². The number of carbonyl (C=O) groups is 5. The highest BCUT2D eigenvalue weighted by Gasteiger charge is 2.52. The number of aliphatic hydroxyl groups excluding tert-OH is 6. The number of hydrogen-bond donors (Lipinski definition) is 10. The molecule has 0 aromatic carbocycles. The van der Waals surface area contributed by atoms with Gasteiger partial charge in [0.15, 0.2) is 18.7 Å². The second kappa shape index (κ2) is 66.9. The Hall–Kier alpha value is -2.90. The van der Waals surface area contributed by atoms with Crippen LogP contribution in [0.15, 0.2) is 0 Å². The molecule has 24 heteroatoms. The van der Waals surface area contributed by atoms with E-state index in [9.17, 15) is 69.0 Å². The van der Waals surface area contributed by atoms with Crippen LogP contribution in [0.1, 0.15) is 388 Å². The summed E-state index contributed by atoms with van der Waals surface area (Å²) in [6, 6.07) is -3.29. The summed E-state index contributed by atoms with van der Waals surface area (Å²) in [4.78, 5) is 90.2. The molecule has 0 aliphatic carbocycles. The van der Waals surface area contributed by atoms with Crippen LogP contribution < -0.4 is 10.6 Å². The number of ether oxygens (including phenoxy) is 6. The zero-order chi connectivity index (χ0) is 77.6. The van der Waals surface area contributed by atoms with Crippen molar-refractivity contribution in [3.8, 4) is 0 Å². The Balaban J connectivity index is 3.71. The van der Waals surface area contributed by atoms with Crippen LogP contribution in [-0.2, 0) is 61.5 Å². The summed E-state index contributed by atoms with van der Waals surface area (Å²) in [6.07, 6.45) is 29.6.